The van der Waals surface area contributed by atoms with E-state index in [2.05, 4.69) is 203 Å². The molecule has 0 saturated carbocycles. The Kier molecular flexibility index (Phi) is 6.28. The van der Waals surface area contributed by atoms with Gasteiger partial charge < -0.3 is 9.13 Å². The Morgan fingerprint density at radius 3 is 1.50 bits per heavy atom. The van der Waals surface area contributed by atoms with Crippen molar-refractivity contribution in [3.05, 3.63) is 194 Å². The minimum Gasteiger partial charge on any atom is -0.309 e. The zero-order valence-corrected chi connectivity index (χ0v) is 28.4. The number of benzene rings is 9. The fourth-order valence-electron chi connectivity index (χ4n) is 8.54. The molecule has 52 heavy (non-hydrogen) atoms. The second kappa shape index (κ2) is 11.3. The van der Waals surface area contributed by atoms with Gasteiger partial charge in [0.2, 0.25) is 0 Å². The van der Waals surface area contributed by atoms with Gasteiger partial charge in [0, 0.05) is 32.9 Å². The molecule has 0 saturated heterocycles. The third-order valence-electron chi connectivity index (χ3n) is 10.9. The summed E-state index contributed by atoms with van der Waals surface area (Å²) in [5.41, 5.74) is 12.1. The van der Waals surface area contributed by atoms with E-state index in [0.717, 1.165) is 11.4 Å². The molecule has 0 N–H and O–H groups in total. The summed E-state index contributed by atoms with van der Waals surface area (Å²) in [6, 6.07) is 71.0. The summed E-state index contributed by atoms with van der Waals surface area (Å²) in [6.45, 7) is 0. The van der Waals surface area contributed by atoms with Gasteiger partial charge in [-0.1, -0.05) is 140 Å². The molecule has 0 aliphatic heterocycles. The van der Waals surface area contributed by atoms with Crippen molar-refractivity contribution in [3.8, 4) is 33.6 Å². The molecule has 9 aromatic carbocycles. The first kappa shape index (κ1) is 28.9. The molecule has 2 heteroatoms. The summed E-state index contributed by atoms with van der Waals surface area (Å²) < 4.78 is 4.92. The van der Waals surface area contributed by atoms with E-state index in [-0.39, 0.29) is 0 Å². The zero-order valence-electron chi connectivity index (χ0n) is 28.4. The van der Waals surface area contributed by atoms with Crippen LogP contribution in [0.3, 0.4) is 0 Å². The zero-order chi connectivity index (χ0) is 34.2. The highest BCUT2D eigenvalue weighted by molar-refractivity contribution is 6.29. The van der Waals surface area contributed by atoms with Crippen LogP contribution in [0, 0.1) is 0 Å². The van der Waals surface area contributed by atoms with Crippen molar-refractivity contribution in [1.82, 2.24) is 9.13 Å². The van der Waals surface area contributed by atoms with E-state index in [0.29, 0.717) is 0 Å². The predicted molar refractivity (Wildman–Crippen MR) is 221 cm³/mol. The summed E-state index contributed by atoms with van der Waals surface area (Å²) >= 11 is 0. The summed E-state index contributed by atoms with van der Waals surface area (Å²) in [5, 5.41) is 10.0. The molecule has 0 atom stereocenters. The average Bonchev–Trinajstić information content (AvgIpc) is 3.73. The molecule has 11 rings (SSSR count). The van der Waals surface area contributed by atoms with Crippen LogP contribution in [-0.4, -0.2) is 9.13 Å². The Labute approximate surface area is 301 Å². The highest BCUT2D eigenvalue weighted by Crippen LogP contribution is 2.43. The van der Waals surface area contributed by atoms with Crippen molar-refractivity contribution in [2.24, 2.45) is 0 Å². The van der Waals surface area contributed by atoms with Crippen LogP contribution in [-0.2, 0) is 0 Å². The summed E-state index contributed by atoms with van der Waals surface area (Å²) in [4.78, 5) is 0. The fraction of sp³-hybridized carbons (Fsp3) is 0. The summed E-state index contributed by atoms with van der Waals surface area (Å²) in [6.07, 6.45) is 0. The molecule has 0 radical (unpaired) electrons. The van der Waals surface area contributed by atoms with E-state index in [1.54, 1.807) is 0 Å². The van der Waals surface area contributed by atoms with Gasteiger partial charge in [0.25, 0.3) is 0 Å². The van der Waals surface area contributed by atoms with E-state index in [1.807, 2.05) is 0 Å². The molecule has 2 aromatic heterocycles. The Balaban J connectivity index is 1.20. The van der Waals surface area contributed by atoms with Gasteiger partial charge in [0.1, 0.15) is 0 Å². The third-order valence-corrected chi connectivity index (χ3v) is 10.9. The van der Waals surface area contributed by atoms with Crippen molar-refractivity contribution < 1.29 is 0 Å². The first-order valence-electron chi connectivity index (χ1n) is 17.9. The van der Waals surface area contributed by atoms with Gasteiger partial charge in [-0.05, 0) is 98.4 Å². The topological polar surface area (TPSA) is 9.86 Å². The van der Waals surface area contributed by atoms with Crippen molar-refractivity contribution in [2.45, 2.75) is 0 Å². The average molecular weight is 661 g/mol. The molecule has 2 nitrogen and oxygen atoms in total. The Bertz CT molecular complexity index is 3160. The quantitative estimate of drug-likeness (QED) is 0.178. The lowest BCUT2D eigenvalue weighted by Gasteiger charge is -2.14. The van der Waals surface area contributed by atoms with Crippen molar-refractivity contribution in [1.29, 1.82) is 0 Å². The van der Waals surface area contributed by atoms with Gasteiger partial charge >= 0.3 is 0 Å². The Morgan fingerprint density at radius 1 is 0.269 bits per heavy atom. The standard InChI is InChI=1S/C50H32N2/c1-3-13-33(14-4-1)36-24-23-34-25-26-39(31-38(34)29-36)51-45-21-11-9-19-42(45)49-47(51)27-28-48-50(49)43-20-10-12-22-46(43)52(48)40-30-37-17-7-8-18-41(37)44(32-40)35-15-5-2-6-16-35/h1-32H. The lowest BCUT2D eigenvalue weighted by Crippen LogP contribution is -1.96. The second-order valence-corrected chi connectivity index (χ2v) is 13.8. The van der Waals surface area contributed by atoms with Crippen molar-refractivity contribution >= 4 is 65.2 Å². The van der Waals surface area contributed by atoms with E-state index in [4.69, 9.17) is 0 Å². The highest BCUT2D eigenvalue weighted by Gasteiger charge is 2.21. The Hall–Kier alpha value is -6.90. The van der Waals surface area contributed by atoms with Crippen LogP contribution in [0.2, 0.25) is 0 Å². The van der Waals surface area contributed by atoms with Crippen LogP contribution < -0.4 is 0 Å². The number of para-hydroxylation sites is 2. The molecule has 0 amide bonds. The highest BCUT2D eigenvalue weighted by atomic mass is 15.0. The minimum absolute atomic E-state index is 1.16. The number of fused-ring (bicyclic) bond motifs is 9. The van der Waals surface area contributed by atoms with Gasteiger partial charge in [-0.15, -0.1) is 0 Å². The van der Waals surface area contributed by atoms with Crippen LogP contribution >= 0.6 is 0 Å². The molecular weight excluding hydrogens is 629 g/mol. The molecule has 0 unspecified atom stereocenters. The largest absolute Gasteiger partial charge is 0.309 e. The number of hydrogen-bond acceptors (Lipinski definition) is 0. The number of hydrogen-bond donors (Lipinski definition) is 0. The summed E-state index contributed by atoms with van der Waals surface area (Å²) in [5.74, 6) is 0. The third kappa shape index (κ3) is 4.31. The molecular formula is C50H32N2. The Morgan fingerprint density at radius 2 is 0.808 bits per heavy atom. The smallest absolute Gasteiger partial charge is 0.0548 e. The molecule has 0 fully saturated rings. The molecule has 0 bridgehead atoms. The molecule has 0 aliphatic rings. The predicted octanol–water partition coefficient (Wildman–Crippen LogP) is 13.5. The monoisotopic (exact) mass is 660 g/mol. The number of aromatic nitrogens is 2. The van der Waals surface area contributed by atoms with Crippen LogP contribution in [0.4, 0.5) is 0 Å². The maximum atomic E-state index is 2.47. The minimum atomic E-state index is 1.16. The van der Waals surface area contributed by atoms with E-state index >= 15 is 0 Å². The molecule has 242 valence electrons. The van der Waals surface area contributed by atoms with Gasteiger partial charge in [-0.3, -0.25) is 0 Å². The second-order valence-electron chi connectivity index (χ2n) is 13.8. The van der Waals surface area contributed by atoms with E-state index in [1.165, 1.54) is 87.4 Å². The molecule has 0 spiro atoms. The fourth-order valence-corrected chi connectivity index (χ4v) is 8.54. The maximum absolute atomic E-state index is 2.47. The molecule has 0 aliphatic carbocycles. The molecule has 11 aromatic rings. The first-order chi connectivity index (χ1) is 25.8. The van der Waals surface area contributed by atoms with Gasteiger partial charge in [-0.2, -0.15) is 0 Å². The van der Waals surface area contributed by atoms with Crippen LogP contribution in [0.5, 0.6) is 0 Å². The van der Waals surface area contributed by atoms with E-state index in [9.17, 15) is 0 Å². The number of rotatable bonds is 4. The van der Waals surface area contributed by atoms with Crippen molar-refractivity contribution in [2.75, 3.05) is 0 Å². The summed E-state index contributed by atoms with van der Waals surface area (Å²) in [7, 11) is 0. The van der Waals surface area contributed by atoms with E-state index < -0.39 is 0 Å². The molecule has 2 heterocycles. The number of nitrogens with zero attached hydrogens (tertiary/aromatic N) is 2. The normalized spacial score (nSPS) is 11.8. The first-order valence-corrected chi connectivity index (χ1v) is 17.9. The van der Waals surface area contributed by atoms with Gasteiger partial charge in [0.05, 0.1) is 22.1 Å². The van der Waals surface area contributed by atoms with Crippen LogP contribution in [0.25, 0.3) is 98.8 Å². The lowest BCUT2D eigenvalue weighted by molar-refractivity contribution is 1.18. The van der Waals surface area contributed by atoms with Crippen LogP contribution in [0.1, 0.15) is 0 Å². The van der Waals surface area contributed by atoms with Gasteiger partial charge in [0.15, 0.2) is 0 Å². The maximum Gasteiger partial charge on any atom is 0.0548 e. The van der Waals surface area contributed by atoms with Crippen molar-refractivity contribution in [3.63, 3.8) is 0 Å². The SMILES string of the molecule is c1ccc(-c2ccc3ccc(-n4c5ccccc5c5c6c7ccccc7n(-c7cc(-c8ccccc8)c8ccccc8c7)c6ccc54)cc3c2)cc1. The van der Waals surface area contributed by atoms with Gasteiger partial charge in [-0.25, -0.2) is 0 Å². The van der Waals surface area contributed by atoms with Crippen LogP contribution in [0.15, 0.2) is 194 Å². The lowest BCUT2D eigenvalue weighted by atomic mass is 9.97.